The molecular formula is C7H10N2O2S. The molecule has 0 aromatic carbocycles. The highest BCUT2D eigenvalue weighted by atomic mass is 32.1. The predicted molar refractivity (Wildman–Crippen MR) is 47.5 cm³/mol. The van der Waals surface area contributed by atoms with Crippen LogP contribution in [0.3, 0.4) is 0 Å². The summed E-state index contributed by atoms with van der Waals surface area (Å²) in [4.78, 5) is 14.4. The summed E-state index contributed by atoms with van der Waals surface area (Å²) in [5, 5.41) is 9.71. The van der Waals surface area contributed by atoms with Gasteiger partial charge in [0.2, 0.25) is 0 Å². The van der Waals surface area contributed by atoms with E-state index in [1.54, 1.807) is 0 Å². The number of nitrogens with two attached hydrogens (primary N) is 1. The second kappa shape index (κ2) is 3.53. The molecule has 0 aliphatic rings. The SMILES string of the molecule is CCCc1nc(C(=O)O)c(N)s1. The van der Waals surface area contributed by atoms with Gasteiger partial charge in [0.1, 0.15) is 5.00 Å². The number of rotatable bonds is 3. The molecule has 12 heavy (non-hydrogen) atoms. The topological polar surface area (TPSA) is 76.2 Å². The van der Waals surface area contributed by atoms with Crippen molar-refractivity contribution in [2.75, 3.05) is 5.73 Å². The number of carbonyl (C=O) groups is 1. The van der Waals surface area contributed by atoms with Crippen molar-refractivity contribution in [3.63, 3.8) is 0 Å². The van der Waals surface area contributed by atoms with Crippen LogP contribution >= 0.6 is 11.3 Å². The van der Waals surface area contributed by atoms with E-state index >= 15 is 0 Å². The van der Waals surface area contributed by atoms with E-state index in [0.29, 0.717) is 5.00 Å². The lowest BCUT2D eigenvalue weighted by Crippen LogP contribution is -2.00. The fourth-order valence-corrected chi connectivity index (χ4v) is 1.78. The maximum Gasteiger partial charge on any atom is 0.357 e. The summed E-state index contributed by atoms with van der Waals surface area (Å²) in [6, 6.07) is 0. The molecule has 0 spiro atoms. The summed E-state index contributed by atoms with van der Waals surface area (Å²) in [7, 11) is 0. The zero-order valence-electron chi connectivity index (χ0n) is 6.70. The summed E-state index contributed by atoms with van der Waals surface area (Å²) >= 11 is 1.25. The van der Waals surface area contributed by atoms with E-state index in [-0.39, 0.29) is 5.69 Å². The number of anilines is 1. The van der Waals surface area contributed by atoms with Crippen molar-refractivity contribution in [1.82, 2.24) is 4.98 Å². The van der Waals surface area contributed by atoms with E-state index in [9.17, 15) is 4.79 Å². The maximum atomic E-state index is 10.5. The molecular weight excluding hydrogens is 176 g/mol. The van der Waals surface area contributed by atoms with Gasteiger partial charge in [-0.15, -0.1) is 11.3 Å². The summed E-state index contributed by atoms with van der Waals surface area (Å²) < 4.78 is 0. The smallest absolute Gasteiger partial charge is 0.357 e. The van der Waals surface area contributed by atoms with Gasteiger partial charge in [0.15, 0.2) is 5.69 Å². The predicted octanol–water partition coefficient (Wildman–Crippen LogP) is 1.38. The first-order valence-corrected chi connectivity index (χ1v) is 4.45. The summed E-state index contributed by atoms with van der Waals surface area (Å²) in [5.41, 5.74) is 5.44. The Bertz CT molecular complexity index is 296. The Labute approximate surface area is 74.0 Å². The van der Waals surface area contributed by atoms with Gasteiger partial charge >= 0.3 is 5.97 Å². The van der Waals surface area contributed by atoms with Crippen LogP contribution in [-0.2, 0) is 6.42 Å². The van der Waals surface area contributed by atoms with E-state index in [1.165, 1.54) is 11.3 Å². The Kier molecular flexibility index (Phi) is 2.65. The van der Waals surface area contributed by atoms with E-state index in [1.807, 2.05) is 6.92 Å². The van der Waals surface area contributed by atoms with Crippen molar-refractivity contribution in [1.29, 1.82) is 0 Å². The lowest BCUT2D eigenvalue weighted by Gasteiger charge is -1.86. The van der Waals surface area contributed by atoms with Gasteiger partial charge in [-0.25, -0.2) is 9.78 Å². The Balaban J connectivity index is 2.92. The number of hydrogen-bond donors (Lipinski definition) is 2. The van der Waals surface area contributed by atoms with Crippen molar-refractivity contribution in [2.45, 2.75) is 19.8 Å². The fourth-order valence-electron chi connectivity index (χ4n) is 0.852. The van der Waals surface area contributed by atoms with Crippen molar-refractivity contribution in [2.24, 2.45) is 0 Å². The number of thiazole rings is 1. The molecule has 4 nitrogen and oxygen atoms in total. The molecule has 0 saturated carbocycles. The monoisotopic (exact) mass is 186 g/mol. The Morgan fingerprint density at radius 2 is 2.42 bits per heavy atom. The number of aryl methyl sites for hydroxylation is 1. The van der Waals surface area contributed by atoms with Gasteiger partial charge in [-0.3, -0.25) is 0 Å². The van der Waals surface area contributed by atoms with Crippen molar-refractivity contribution in [3.8, 4) is 0 Å². The third-order valence-electron chi connectivity index (χ3n) is 1.36. The molecule has 0 atom stereocenters. The molecule has 1 aromatic heterocycles. The van der Waals surface area contributed by atoms with E-state index in [2.05, 4.69) is 4.98 Å². The molecule has 66 valence electrons. The summed E-state index contributed by atoms with van der Waals surface area (Å²) in [5.74, 6) is -1.05. The molecule has 0 amide bonds. The van der Waals surface area contributed by atoms with Gasteiger partial charge < -0.3 is 10.8 Å². The Morgan fingerprint density at radius 3 is 2.83 bits per heavy atom. The molecule has 0 fully saturated rings. The first-order valence-electron chi connectivity index (χ1n) is 3.63. The molecule has 0 aliphatic carbocycles. The van der Waals surface area contributed by atoms with Gasteiger partial charge in [-0.2, -0.15) is 0 Å². The average Bonchev–Trinajstić information content (AvgIpc) is 2.32. The summed E-state index contributed by atoms with van der Waals surface area (Å²) in [6.07, 6.45) is 1.74. The van der Waals surface area contributed by atoms with Crippen molar-refractivity contribution < 1.29 is 9.90 Å². The minimum absolute atomic E-state index is 0.0107. The minimum Gasteiger partial charge on any atom is -0.476 e. The molecule has 0 unspecified atom stereocenters. The van der Waals surface area contributed by atoms with Gasteiger partial charge in [0.25, 0.3) is 0 Å². The van der Waals surface area contributed by atoms with Crippen LogP contribution in [0.25, 0.3) is 0 Å². The molecule has 3 N–H and O–H groups in total. The molecule has 5 heteroatoms. The number of nitrogen functional groups attached to an aromatic ring is 1. The molecule has 0 radical (unpaired) electrons. The second-order valence-electron chi connectivity index (χ2n) is 2.38. The molecule has 1 rings (SSSR count). The first kappa shape index (κ1) is 8.99. The maximum absolute atomic E-state index is 10.5. The zero-order chi connectivity index (χ0) is 9.14. The average molecular weight is 186 g/mol. The Morgan fingerprint density at radius 1 is 1.75 bits per heavy atom. The second-order valence-corrected chi connectivity index (χ2v) is 3.49. The number of carboxylic acids is 1. The Hall–Kier alpha value is -1.10. The van der Waals surface area contributed by atoms with Crippen molar-refractivity contribution in [3.05, 3.63) is 10.7 Å². The van der Waals surface area contributed by atoms with Crippen LogP contribution in [0.5, 0.6) is 0 Å². The number of nitrogens with zero attached hydrogens (tertiary/aromatic N) is 1. The van der Waals surface area contributed by atoms with E-state index < -0.39 is 5.97 Å². The van der Waals surface area contributed by atoms with Gasteiger partial charge in [-0.05, 0) is 12.8 Å². The molecule has 0 saturated heterocycles. The van der Waals surface area contributed by atoms with Crippen LogP contribution in [0.1, 0.15) is 28.8 Å². The van der Waals surface area contributed by atoms with Crippen LogP contribution in [0.4, 0.5) is 5.00 Å². The van der Waals surface area contributed by atoms with Crippen molar-refractivity contribution >= 4 is 22.3 Å². The lowest BCUT2D eigenvalue weighted by molar-refractivity contribution is 0.0692. The lowest BCUT2D eigenvalue weighted by atomic mass is 10.3. The van der Waals surface area contributed by atoms with Gasteiger partial charge in [-0.1, -0.05) is 6.92 Å². The largest absolute Gasteiger partial charge is 0.476 e. The minimum atomic E-state index is -1.05. The van der Waals surface area contributed by atoms with Crippen LogP contribution in [0.15, 0.2) is 0 Å². The van der Waals surface area contributed by atoms with Crippen LogP contribution in [-0.4, -0.2) is 16.1 Å². The quantitative estimate of drug-likeness (QED) is 0.747. The van der Waals surface area contributed by atoms with Crippen LogP contribution < -0.4 is 5.73 Å². The molecule has 1 aromatic rings. The number of carboxylic acid groups (broad SMARTS) is 1. The molecule has 1 heterocycles. The van der Waals surface area contributed by atoms with Crippen LogP contribution in [0.2, 0.25) is 0 Å². The molecule has 0 bridgehead atoms. The highest BCUT2D eigenvalue weighted by Gasteiger charge is 2.13. The van der Waals surface area contributed by atoms with Gasteiger partial charge in [0, 0.05) is 0 Å². The molecule has 0 aliphatic heterocycles. The fraction of sp³-hybridized carbons (Fsp3) is 0.429. The van der Waals surface area contributed by atoms with E-state index in [0.717, 1.165) is 17.8 Å². The first-order chi connectivity index (χ1) is 5.65. The highest BCUT2D eigenvalue weighted by molar-refractivity contribution is 7.15. The number of hydrogen-bond acceptors (Lipinski definition) is 4. The van der Waals surface area contributed by atoms with Crippen LogP contribution in [0, 0.1) is 0 Å². The standard InChI is InChI=1S/C7H10N2O2S/c1-2-3-4-9-5(7(10)11)6(8)12-4/h2-3,8H2,1H3,(H,10,11). The zero-order valence-corrected chi connectivity index (χ0v) is 7.52. The third kappa shape index (κ3) is 1.73. The number of aromatic carboxylic acids is 1. The third-order valence-corrected chi connectivity index (χ3v) is 2.31. The highest BCUT2D eigenvalue weighted by Crippen LogP contribution is 2.21. The summed E-state index contributed by atoms with van der Waals surface area (Å²) in [6.45, 7) is 2.01. The normalized spacial score (nSPS) is 10.1. The van der Waals surface area contributed by atoms with Gasteiger partial charge in [0.05, 0.1) is 5.01 Å². The number of aromatic nitrogens is 1. The van der Waals surface area contributed by atoms with E-state index in [4.69, 9.17) is 10.8 Å².